The number of aliphatic carboxylic acids is 1. The molecule has 6 heteroatoms. The Morgan fingerprint density at radius 2 is 0.591 bits per heavy atom. The average molecular weight is 632 g/mol. The monoisotopic (exact) mass is 631 g/mol. The first-order valence-electron chi connectivity index (χ1n) is 14.2. The standard InChI is InChI=1S/C36H30NP2.C2H3ClO2/c1-7-19-31(20-8-1)38(32-21-9-2-10-22-32,33-23-11-3-12-24-33)37-39(34-25-13-4-14-26-34,35-27-15-5-16-28-35)36-29-17-6-18-30-36;3-1-2(4)5/h1-30H;1H2,(H,4,5)/q+1;/p-1. The van der Waals surface area contributed by atoms with Gasteiger partial charge in [-0.2, -0.15) is 0 Å². The van der Waals surface area contributed by atoms with E-state index in [9.17, 15) is 0 Å². The molecule has 44 heavy (non-hydrogen) atoms. The van der Waals surface area contributed by atoms with Crippen LogP contribution in [0.4, 0.5) is 0 Å². The lowest BCUT2D eigenvalue weighted by Crippen LogP contribution is -2.31. The molecule has 0 atom stereocenters. The number of alkyl halides is 1. The van der Waals surface area contributed by atoms with Crippen molar-refractivity contribution in [1.29, 1.82) is 0 Å². The fraction of sp³-hybridized carbons (Fsp3) is 0.0263. The number of hydrogen-bond donors (Lipinski definition) is 0. The summed E-state index contributed by atoms with van der Waals surface area (Å²) >= 11 is 4.67. The highest BCUT2D eigenvalue weighted by Crippen LogP contribution is 2.50. The molecule has 0 aromatic heterocycles. The Balaban J connectivity index is 0.000000712. The van der Waals surface area contributed by atoms with E-state index in [2.05, 4.69) is 194 Å². The smallest absolute Gasteiger partial charge is 0.301 e. The van der Waals surface area contributed by atoms with E-state index in [1.807, 2.05) is 0 Å². The van der Waals surface area contributed by atoms with Gasteiger partial charge in [-0.25, -0.2) is 0 Å². The van der Waals surface area contributed by atoms with Crippen molar-refractivity contribution in [1.82, 2.24) is 4.17 Å². The minimum absolute atomic E-state index is 0.417. The van der Waals surface area contributed by atoms with Gasteiger partial charge in [0.2, 0.25) is 0 Å². The predicted molar refractivity (Wildman–Crippen MR) is 188 cm³/mol. The third kappa shape index (κ3) is 6.58. The van der Waals surface area contributed by atoms with E-state index in [0.717, 1.165) is 0 Å². The highest BCUT2D eigenvalue weighted by atomic mass is 35.5. The molecule has 0 bridgehead atoms. The molecule has 218 valence electrons. The van der Waals surface area contributed by atoms with Crippen molar-refractivity contribution in [3.8, 4) is 0 Å². The van der Waals surface area contributed by atoms with Crippen LogP contribution in [0.25, 0.3) is 0 Å². The van der Waals surface area contributed by atoms with Crippen molar-refractivity contribution in [2.24, 2.45) is 0 Å². The normalized spacial score (nSPS) is 11.0. The topological polar surface area (TPSA) is 54.2 Å². The van der Waals surface area contributed by atoms with Gasteiger partial charge in [0.15, 0.2) is 0 Å². The first-order valence-corrected chi connectivity index (χ1v) is 18.3. The third-order valence-electron chi connectivity index (χ3n) is 7.16. The molecule has 0 fully saturated rings. The maximum absolute atomic E-state index is 9.12. The number of halogens is 1. The van der Waals surface area contributed by atoms with Gasteiger partial charge in [0.1, 0.15) is 0 Å². The number of carbonyl (C=O) groups excluding carboxylic acids is 1. The van der Waals surface area contributed by atoms with Gasteiger partial charge in [-0.1, -0.05) is 109 Å². The van der Waals surface area contributed by atoms with Crippen LogP contribution >= 0.6 is 25.7 Å². The Morgan fingerprint density at radius 3 is 0.727 bits per heavy atom. The van der Waals surface area contributed by atoms with Crippen LogP contribution in [0.15, 0.2) is 182 Å². The zero-order valence-corrected chi connectivity index (χ0v) is 26.6. The Kier molecular flexibility index (Phi) is 10.5. The lowest BCUT2D eigenvalue weighted by atomic mass is 10.4. The predicted octanol–water partition coefficient (Wildman–Crippen LogP) is 5.38. The number of nitrogens with zero attached hydrogens (tertiary/aromatic N) is 1. The molecule has 0 heterocycles. The molecule has 0 spiro atoms. The van der Waals surface area contributed by atoms with E-state index in [4.69, 9.17) is 14.1 Å². The van der Waals surface area contributed by atoms with Gasteiger partial charge in [0, 0.05) is 0 Å². The fourth-order valence-corrected chi connectivity index (χ4v) is 14.8. The van der Waals surface area contributed by atoms with Crippen molar-refractivity contribution >= 4 is 63.5 Å². The van der Waals surface area contributed by atoms with Crippen molar-refractivity contribution in [3.05, 3.63) is 182 Å². The minimum Gasteiger partial charge on any atom is -0.549 e. The number of hydrogen-bond acceptors (Lipinski definition) is 2. The van der Waals surface area contributed by atoms with Crippen LogP contribution in [-0.4, -0.2) is 11.8 Å². The molecule has 0 saturated heterocycles. The third-order valence-corrected chi connectivity index (χ3v) is 15.8. The van der Waals surface area contributed by atoms with Crippen LogP contribution < -0.4 is 41.1 Å². The Labute approximate surface area is 264 Å². The van der Waals surface area contributed by atoms with Crippen molar-refractivity contribution < 1.29 is 9.90 Å². The van der Waals surface area contributed by atoms with Gasteiger partial charge < -0.3 is 9.90 Å². The molecule has 6 aromatic carbocycles. The summed E-state index contributed by atoms with van der Waals surface area (Å²) < 4.78 is 6.38. The molecule has 0 aliphatic carbocycles. The maximum atomic E-state index is 9.12. The fourth-order valence-electron chi connectivity index (χ4n) is 5.27. The SMILES string of the molecule is O=C([O-])CCl.c1ccc(P(=[N+]=P(c2ccccc2)(c2ccccc2)c2ccccc2)(c2ccccc2)c2ccccc2)cc1. The van der Waals surface area contributed by atoms with E-state index in [1.54, 1.807) is 0 Å². The largest absolute Gasteiger partial charge is 0.549 e. The van der Waals surface area contributed by atoms with Gasteiger partial charge in [-0.15, -0.1) is 15.8 Å². The van der Waals surface area contributed by atoms with E-state index in [1.165, 1.54) is 31.8 Å². The second-order valence-electron chi connectivity index (χ2n) is 9.88. The first-order chi connectivity index (χ1) is 21.6. The zero-order chi connectivity index (χ0) is 30.7. The number of carbonyl (C=O) groups is 1. The van der Waals surface area contributed by atoms with Crippen molar-refractivity contribution in [3.63, 3.8) is 0 Å². The molecular formula is C38H32ClNO2P2. The molecule has 0 unspecified atom stereocenters. The highest BCUT2D eigenvalue weighted by molar-refractivity contribution is 7.93. The number of rotatable bonds is 7. The van der Waals surface area contributed by atoms with Crippen molar-refractivity contribution in [2.75, 3.05) is 5.88 Å². The minimum atomic E-state index is -2.50. The molecule has 0 radical (unpaired) electrons. The first kappa shape index (κ1) is 31.1. The summed E-state index contributed by atoms with van der Waals surface area (Å²) in [5.41, 5.74) is 0. The summed E-state index contributed by atoms with van der Waals surface area (Å²) in [7, 11) is -4.99. The zero-order valence-electron chi connectivity index (χ0n) is 24.1. The van der Waals surface area contributed by atoms with Gasteiger partial charge in [0.05, 0.1) is 43.7 Å². The molecule has 0 aliphatic heterocycles. The molecule has 3 nitrogen and oxygen atoms in total. The summed E-state index contributed by atoms with van der Waals surface area (Å²) in [4.78, 5) is 9.12. The Hall–Kier alpha value is -4.35. The lowest BCUT2D eigenvalue weighted by Gasteiger charge is -2.20. The number of benzene rings is 6. The van der Waals surface area contributed by atoms with Crippen LogP contribution in [0.2, 0.25) is 0 Å². The maximum Gasteiger partial charge on any atom is 0.301 e. The van der Waals surface area contributed by atoms with Crippen LogP contribution in [0, 0.1) is 0 Å². The molecule has 6 aromatic rings. The second kappa shape index (κ2) is 14.9. The molecule has 0 amide bonds. The van der Waals surface area contributed by atoms with E-state index in [0.29, 0.717) is 0 Å². The quantitative estimate of drug-likeness (QED) is 0.135. The lowest BCUT2D eigenvalue weighted by molar-refractivity contribution is -0.301. The molecular weight excluding hydrogens is 600 g/mol. The number of carboxylic acid groups (broad SMARTS) is 1. The van der Waals surface area contributed by atoms with Crippen molar-refractivity contribution in [2.45, 2.75) is 0 Å². The highest BCUT2D eigenvalue weighted by Gasteiger charge is 2.44. The molecule has 0 aliphatic rings. The van der Waals surface area contributed by atoms with E-state index < -0.39 is 26.0 Å². The second-order valence-corrected chi connectivity index (χ2v) is 16.5. The van der Waals surface area contributed by atoms with E-state index in [-0.39, 0.29) is 0 Å². The molecule has 6 rings (SSSR count). The van der Waals surface area contributed by atoms with Crippen LogP contribution in [0.5, 0.6) is 0 Å². The van der Waals surface area contributed by atoms with Crippen LogP contribution in [-0.2, 0) is 4.79 Å². The summed E-state index contributed by atoms with van der Waals surface area (Å²) in [6.07, 6.45) is 0. The van der Waals surface area contributed by atoms with E-state index >= 15 is 0 Å². The molecule has 0 N–H and O–H groups in total. The summed E-state index contributed by atoms with van der Waals surface area (Å²) in [6.45, 7) is 0. The van der Waals surface area contributed by atoms with Gasteiger partial charge >= 0.3 is 14.1 Å². The van der Waals surface area contributed by atoms with Gasteiger partial charge in [0.25, 0.3) is 0 Å². The molecule has 0 saturated carbocycles. The Morgan fingerprint density at radius 1 is 0.432 bits per heavy atom. The summed E-state index contributed by atoms with van der Waals surface area (Å²) in [6, 6.07) is 65.7. The Bertz CT molecular complexity index is 1560. The van der Waals surface area contributed by atoms with Crippen LogP contribution in [0.3, 0.4) is 0 Å². The number of carboxylic acids is 1. The van der Waals surface area contributed by atoms with Gasteiger partial charge in [-0.05, 0) is 72.8 Å². The average Bonchev–Trinajstić information content (AvgIpc) is 3.12. The van der Waals surface area contributed by atoms with Crippen LogP contribution in [0.1, 0.15) is 0 Å². The van der Waals surface area contributed by atoms with Gasteiger partial charge in [-0.3, -0.25) is 0 Å². The summed E-state index contributed by atoms with van der Waals surface area (Å²) in [5.74, 6) is -1.65. The summed E-state index contributed by atoms with van der Waals surface area (Å²) in [5, 5.41) is 16.7.